The average Bonchev–Trinajstić information content (AvgIpc) is 2.39. The first kappa shape index (κ1) is 13.8. The Hall–Kier alpha value is -1.66. The van der Waals surface area contributed by atoms with Gasteiger partial charge in [-0.2, -0.15) is 0 Å². The molecule has 1 heterocycles. The molecule has 6 nitrogen and oxygen atoms in total. The van der Waals surface area contributed by atoms with Crippen molar-refractivity contribution in [3.05, 3.63) is 33.9 Å². The lowest BCUT2D eigenvalue weighted by molar-refractivity contribution is -0.385. The zero-order valence-electron chi connectivity index (χ0n) is 11.2. The Morgan fingerprint density at radius 2 is 2.16 bits per heavy atom. The monoisotopic (exact) mass is 264 g/mol. The van der Waals surface area contributed by atoms with E-state index in [4.69, 9.17) is 0 Å². The fourth-order valence-corrected chi connectivity index (χ4v) is 2.26. The van der Waals surface area contributed by atoms with Gasteiger partial charge in [0, 0.05) is 56.6 Å². The maximum absolute atomic E-state index is 10.7. The van der Waals surface area contributed by atoms with Gasteiger partial charge in [-0.1, -0.05) is 0 Å². The minimum atomic E-state index is -0.347. The van der Waals surface area contributed by atoms with Crippen LogP contribution in [0.3, 0.4) is 0 Å². The Bertz CT molecular complexity index is 444. The van der Waals surface area contributed by atoms with Crippen molar-refractivity contribution in [3.63, 3.8) is 0 Å². The summed E-state index contributed by atoms with van der Waals surface area (Å²) in [4.78, 5) is 12.8. The van der Waals surface area contributed by atoms with Crippen LogP contribution in [0.5, 0.6) is 0 Å². The highest BCUT2D eigenvalue weighted by Gasteiger charge is 2.11. The first-order valence-corrected chi connectivity index (χ1v) is 6.59. The molecule has 2 N–H and O–H groups in total. The summed E-state index contributed by atoms with van der Waals surface area (Å²) in [5, 5.41) is 17.4. The van der Waals surface area contributed by atoms with Gasteiger partial charge >= 0.3 is 0 Å². The van der Waals surface area contributed by atoms with E-state index < -0.39 is 0 Å². The topological polar surface area (TPSA) is 70.4 Å². The second kappa shape index (κ2) is 6.49. The van der Waals surface area contributed by atoms with E-state index in [1.165, 1.54) is 0 Å². The Morgan fingerprint density at radius 1 is 1.42 bits per heavy atom. The van der Waals surface area contributed by atoms with E-state index in [0.29, 0.717) is 5.56 Å². The standard InChI is InChI=1S/C13H20N4O2/c1-11-10-12(2-3-13(11)17(18)19)15-6-9-16-7-4-14-5-8-16/h2-3,10,14-15H,4-9H2,1H3. The summed E-state index contributed by atoms with van der Waals surface area (Å²) in [5.41, 5.74) is 1.81. The van der Waals surface area contributed by atoms with Crippen molar-refractivity contribution in [1.82, 2.24) is 10.2 Å². The van der Waals surface area contributed by atoms with Gasteiger partial charge in [0.15, 0.2) is 0 Å². The SMILES string of the molecule is Cc1cc(NCCN2CCNCC2)ccc1[N+](=O)[O-]. The lowest BCUT2D eigenvalue weighted by atomic mass is 10.2. The smallest absolute Gasteiger partial charge is 0.272 e. The summed E-state index contributed by atoms with van der Waals surface area (Å²) < 4.78 is 0. The molecule has 0 atom stereocenters. The molecular weight excluding hydrogens is 244 g/mol. The molecule has 1 fully saturated rings. The molecule has 0 radical (unpaired) electrons. The second-order valence-electron chi connectivity index (χ2n) is 4.78. The predicted molar refractivity (Wildman–Crippen MR) is 75.6 cm³/mol. The number of hydrogen-bond donors (Lipinski definition) is 2. The average molecular weight is 264 g/mol. The van der Waals surface area contributed by atoms with E-state index in [2.05, 4.69) is 15.5 Å². The molecule has 0 unspecified atom stereocenters. The quantitative estimate of drug-likeness (QED) is 0.618. The third kappa shape index (κ3) is 3.90. The van der Waals surface area contributed by atoms with E-state index >= 15 is 0 Å². The Labute approximate surface area is 112 Å². The zero-order chi connectivity index (χ0) is 13.7. The maximum atomic E-state index is 10.7. The van der Waals surface area contributed by atoms with Crippen LogP contribution in [-0.4, -0.2) is 49.1 Å². The van der Waals surface area contributed by atoms with Gasteiger partial charge in [-0.15, -0.1) is 0 Å². The zero-order valence-corrected chi connectivity index (χ0v) is 11.2. The van der Waals surface area contributed by atoms with Crippen LogP contribution in [0.2, 0.25) is 0 Å². The molecule has 1 aromatic carbocycles. The van der Waals surface area contributed by atoms with Gasteiger partial charge in [0.2, 0.25) is 0 Å². The summed E-state index contributed by atoms with van der Waals surface area (Å²) in [6.45, 7) is 7.89. The Kier molecular flexibility index (Phi) is 4.70. The summed E-state index contributed by atoms with van der Waals surface area (Å²) in [5.74, 6) is 0. The van der Waals surface area contributed by atoms with Crippen molar-refractivity contribution in [2.24, 2.45) is 0 Å². The van der Waals surface area contributed by atoms with Gasteiger partial charge in [-0.25, -0.2) is 0 Å². The summed E-state index contributed by atoms with van der Waals surface area (Å²) in [7, 11) is 0. The van der Waals surface area contributed by atoms with Gasteiger partial charge in [0.1, 0.15) is 0 Å². The predicted octanol–water partition coefficient (Wildman–Crippen LogP) is 1.22. The summed E-state index contributed by atoms with van der Waals surface area (Å²) >= 11 is 0. The van der Waals surface area contributed by atoms with Gasteiger partial charge in [0.05, 0.1) is 4.92 Å². The van der Waals surface area contributed by atoms with E-state index in [1.807, 2.05) is 6.07 Å². The van der Waals surface area contributed by atoms with Crippen molar-refractivity contribution in [3.8, 4) is 0 Å². The molecule has 104 valence electrons. The molecule has 0 saturated carbocycles. The molecule has 1 aliphatic rings. The molecule has 0 bridgehead atoms. The highest BCUT2D eigenvalue weighted by molar-refractivity contribution is 5.53. The third-order valence-corrected chi connectivity index (χ3v) is 3.36. The molecule has 1 aromatic rings. The minimum Gasteiger partial charge on any atom is -0.384 e. The van der Waals surface area contributed by atoms with Crippen LogP contribution in [0.15, 0.2) is 18.2 Å². The van der Waals surface area contributed by atoms with E-state index in [-0.39, 0.29) is 10.6 Å². The number of rotatable bonds is 5. The number of nitrogens with zero attached hydrogens (tertiary/aromatic N) is 2. The molecule has 6 heteroatoms. The normalized spacial score (nSPS) is 16.3. The lowest BCUT2D eigenvalue weighted by Gasteiger charge is -2.27. The van der Waals surface area contributed by atoms with Crippen LogP contribution in [0.4, 0.5) is 11.4 Å². The van der Waals surface area contributed by atoms with Crippen LogP contribution < -0.4 is 10.6 Å². The van der Waals surface area contributed by atoms with Crippen molar-refractivity contribution < 1.29 is 4.92 Å². The van der Waals surface area contributed by atoms with E-state index in [1.54, 1.807) is 19.1 Å². The number of nitro benzene ring substituents is 1. The Morgan fingerprint density at radius 3 is 2.79 bits per heavy atom. The molecule has 2 rings (SSSR count). The number of nitrogens with one attached hydrogen (secondary N) is 2. The van der Waals surface area contributed by atoms with Crippen LogP contribution in [0.1, 0.15) is 5.56 Å². The highest BCUT2D eigenvalue weighted by Crippen LogP contribution is 2.21. The molecule has 0 aliphatic carbocycles. The number of benzene rings is 1. The number of piperazine rings is 1. The third-order valence-electron chi connectivity index (χ3n) is 3.36. The van der Waals surface area contributed by atoms with Gasteiger partial charge in [-0.05, 0) is 19.1 Å². The van der Waals surface area contributed by atoms with Crippen LogP contribution >= 0.6 is 0 Å². The van der Waals surface area contributed by atoms with E-state index in [0.717, 1.165) is 45.0 Å². The molecule has 0 aromatic heterocycles. The van der Waals surface area contributed by atoms with Crippen molar-refractivity contribution in [2.75, 3.05) is 44.6 Å². The molecule has 0 spiro atoms. The minimum absolute atomic E-state index is 0.174. The molecule has 1 aliphatic heterocycles. The van der Waals surface area contributed by atoms with Crippen molar-refractivity contribution in [1.29, 1.82) is 0 Å². The van der Waals surface area contributed by atoms with Gasteiger partial charge < -0.3 is 10.6 Å². The fourth-order valence-electron chi connectivity index (χ4n) is 2.26. The molecule has 0 amide bonds. The first-order chi connectivity index (χ1) is 9.16. The first-order valence-electron chi connectivity index (χ1n) is 6.59. The van der Waals surface area contributed by atoms with Crippen LogP contribution in [-0.2, 0) is 0 Å². The van der Waals surface area contributed by atoms with Crippen molar-refractivity contribution in [2.45, 2.75) is 6.92 Å². The molecular formula is C13H20N4O2. The molecule has 19 heavy (non-hydrogen) atoms. The number of anilines is 1. The summed E-state index contributed by atoms with van der Waals surface area (Å²) in [6, 6.07) is 5.15. The number of aryl methyl sites for hydroxylation is 1. The van der Waals surface area contributed by atoms with Gasteiger partial charge in [0.25, 0.3) is 5.69 Å². The van der Waals surface area contributed by atoms with Crippen LogP contribution in [0, 0.1) is 17.0 Å². The summed E-state index contributed by atoms with van der Waals surface area (Å²) in [6.07, 6.45) is 0. The maximum Gasteiger partial charge on any atom is 0.272 e. The van der Waals surface area contributed by atoms with Crippen molar-refractivity contribution >= 4 is 11.4 Å². The fraction of sp³-hybridized carbons (Fsp3) is 0.538. The van der Waals surface area contributed by atoms with Crippen LogP contribution in [0.25, 0.3) is 0 Å². The molecule has 1 saturated heterocycles. The number of hydrogen-bond acceptors (Lipinski definition) is 5. The number of nitro groups is 1. The van der Waals surface area contributed by atoms with Gasteiger partial charge in [-0.3, -0.25) is 15.0 Å². The lowest BCUT2D eigenvalue weighted by Crippen LogP contribution is -2.45. The van der Waals surface area contributed by atoms with E-state index in [9.17, 15) is 10.1 Å². The largest absolute Gasteiger partial charge is 0.384 e. The second-order valence-corrected chi connectivity index (χ2v) is 4.78. The highest BCUT2D eigenvalue weighted by atomic mass is 16.6. The Balaban J connectivity index is 1.82.